The van der Waals surface area contributed by atoms with Gasteiger partial charge in [-0.2, -0.15) is 0 Å². The van der Waals surface area contributed by atoms with Crippen LogP contribution in [0.2, 0.25) is 0 Å². The molecule has 1 saturated heterocycles. The van der Waals surface area contributed by atoms with Crippen molar-refractivity contribution in [2.45, 2.75) is 44.9 Å². The molecule has 0 unspecified atom stereocenters. The van der Waals surface area contributed by atoms with Crippen molar-refractivity contribution in [3.8, 4) is 0 Å². The van der Waals surface area contributed by atoms with Gasteiger partial charge in [0.2, 0.25) is 5.91 Å². The lowest BCUT2D eigenvalue weighted by Gasteiger charge is -2.32. The summed E-state index contributed by atoms with van der Waals surface area (Å²) < 4.78 is 0. The minimum atomic E-state index is -0.0146. The topological polar surface area (TPSA) is 61.4 Å². The van der Waals surface area contributed by atoms with Gasteiger partial charge >= 0.3 is 6.03 Å². The Morgan fingerprint density at radius 2 is 1.68 bits per heavy atom. The molecule has 0 spiro atoms. The summed E-state index contributed by atoms with van der Waals surface area (Å²) in [5.41, 5.74) is 0.837. The van der Waals surface area contributed by atoms with Crippen molar-refractivity contribution < 1.29 is 9.59 Å². The Bertz CT molecular complexity index is 562. The maximum Gasteiger partial charge on any atom is 0.321 e. The summed E-state index contributed by atoms with van der Waals surface area (Å²) in [4.78, 5) is 26.2. The van der Waals surface area contributed by atoms with Crippen molar-refractivity contribution in [3.05, 3.63) is 30.3 Å². The molecule has 1 aromatic rings. The van der Waals surface area contributed by atoms with E-state index in [2.05, 4.69) is 10.6 Å². The smallest absolute Gasteiger partial charge is 0.321 e. The maximum atomic E-state index is 12.3. The van der Waals surface area contributed by atoms with Crippen LogP contribution in [-0.4, -0.2) is 36.5 Å². The number of para-hydroxylation sites is 1. The number of nitrogens with one attached hydrogen (secondary N) is 2. The summed E-state index contributed by atoms with van der Waals surface area (Å²) in [7, 11) is 0. The van der Waals surface area contributed by atoms with Crippen molar-refractivity contribution in [1.29, 1.82) is 0 Å². The first kappa shape index (κ1) is 17.8. The molecule has 0 atom stereocenters. The summed E-state index contributed by atoms with van der Waals surface area (Å²) >= 11 is 0. The third-order valence-corrected chi connectivity index (χ3v) is 5.50. The number of piperidine rings is 1. The number of anilines is 1. The van der Waals surface area contributed by atoms with Crippen molar-refractivity contribution in [3.63, 3.8) is 0 Å². The summed E-state index contributed by atoms with van der Waals surface area (Å²) in [5, 5.41) is 6.05. The molecule has 0 bridgehead atoms. The number of rotatable bonds is 5. The molecular weight excluding hydrogens is 314 g/mol. The molecule has 1 heterocycles. The molecule has 0 radical (unpaired) electrons. The highest BCUT2D eigenvalue weighted by molar-refractivity contribution is 5.89. The fourth-order valence-corrected chi connectivity index (χ4v) is 3.88. The third-order valence-electron chi connectivity index (χ3n) is 5.50. The van der Waals surface area contributed by atoms with Crippen molar-refractivity contribution >= 4 is 17.6 Å². The van der Waals surface area contributed by atoms with E-state index in [0.29, 0.717) is 5.92 Å². The Morgan fingerprint density at radius 3 is 2.36 bits per heavy atom. The molecule has 1 saturated carbocycles. The van der Waals surface area contributed by atoms with Gasteiger partial charge in [-0.1, -0.05) is 31.0 Å². The number of likely N-dealkylation sites (tertiary alicyclic amines) is 1. The van der Waals surface area contributed by atoms with Crippen LogP contribution in [0.5, 0.6) is 0 Å². The van der Waals surface area contributed by atoms with Crippen LogP contribution in [0.25, 0.3) is 0 Å². The Labute approximate surface area is 150 Å². The zero-order chi connectivity index (χ0) is 17.5. The van der Waals surface area contributed by atoms with Crippen molar-refractivity contribution in [1.82, 2.24) is 10.2 Å². The van der Waals surface area contributed by atoms with Crippen LogP contribution in [0.1, 0.15) is 44.9 Å². The van der Waals surface area contributed by atoms with Gasteiger partial charge in [0, 0.05) is 31.2 Å². The summed E-state index contributed by atoms with van der Waals surface area (Å²) in [6, 6.07) is 9.56. The Kier molecular flexibility index (Phi) is 6.31. The van der Waals surface area contributed by atoms with Gasteiger partial charge in [0.1, 0.15) is 0 Å². The van der Waals surface area contributed by atoms with Gasteiger partial charge in [-0.05, 0) is 50.2 Å². The van der Waals surface area contributed by atoms with E-state index in [9.17, 15) is 9.59 Å². The Morgan fingerprint density at radius 1 is 1.00 bits per heavy atom. The van der Waals surface area contributed by atoms with Gasteiger partial charge in [-0.25, -0.2) is 4.79 Å². The number of hydrogen-bond donors (Lipinski definition) is 2. The molecule has 2 aliphatic rings. The van der Waals surface area contributed by atoms with Crippen LogP contribution in [0.3, 0.4) is 0 Å². The average molecular weight is 343 g/mol. The Balaban J connectivity index is 1.33. The molecule has 3 rings (SSSR count). The SMILES string of the molecule is O=C(NCCC1CCN(C(=O)Nc2ccccc2)CC1)C1CCCC1. The lowest BCUT2D eigenvalue weighted by Crippen LogP contribution is -2.41. The first-order valence-corrected chi connectivity index (χ1v) is 9.61. The van der Waals surface area contributed by atoms with Crippen molar-refractivity contribution in [2.24, 2.45) is 11.8 Å². The number of urea groups is 1. The number of hydrogen-bond acceptors (Lipinski definition) is 2. The van der Waals surface area contributed by atoms with E-state index in [1.807, 2.05) is 35.2 Å². The molecule has 25 heavy (non-hydrogen) atoms. The van der Waals surface area contributed by atoms with E-state index in [-0.39, 0.29) is 17.9 Å². The van der Waals surface area contributed by atoms with Crippen LogP contribution in [-0.2, 0) is 4.79 Å². The first-order valence-electron chi connectivity index (χ1n) is 9.61. The van der Waals surface area contributed by atoms with Gasteiger partial charge in [0.15, 0.2) is 0 Å². The molecule has 2 fully saturated rings. The van der Waals surface area contributed by atoms with E-state index in [0.717, 1.165) is 57.4 Å². The van der Waals surface area contributed by atoms with E-state index < -0.39 is 0 Å². The standard InChI is InChI=1S/C20H29N3O2/c24-19(17-6-4-5-7-17)21-13-10-16-11-14-23(15-12-16)20(25)22-18-8-2-1-3-9-18/h1-3,8-9,16-17H,4-7,10-15H2,(H,21,24)(H,22,25). The fourth-order valence-electron chi connectivity index (χ4n) is 3.88. The lowest BCUT2D eigenvalue weighted by atomic mass is 9.93. The minimum Gasteiger partial charge on any atom is -0.356 e. The van der Waals surface area contributed by atoms with E-state index >= 15 is 0 Å². The molecule has 136 valence electrons. The molecule has 5 heteroatoms. The molecule has 3 amide bonds. The number of amides is 3. The molecule has 0 aromatic heterocycles. The number of benzene rings is 1. The molecule has 5 nitrogen and oxygen atoms in total. The quantitative estimate of drug-likeness (QED) is 0.857. The number of carbonyl (C=O) groups excluding carboxylic acids is 2. The summed E-state index contributed by atoms with van der Waals surface area (Å²) in [6.45, 7) is 2.36. The number of nitrogens with zero attached hydrogens (tertiary/aromatic N) is 1. The van der Waals surface area contributed by atoms with E-state index in [1.54, 1.807) is 0 Å². The normalized spacial score (nSPS) is 19.0. The van der Waals surface area contributed by atoms with Gasteiger partial charge in [0.25, 0.3) is 0 Å². The van der Waals surface area contributed by atoms with E-state index in [4.69, 9.17) is 0 Å². The molecular formula is C20H29N3O2. The van der Waals surface area contributed by atoms with Crippen molar-refractivity contribution in [2.75, 3.05) is 25.0 Å². The molecule has 2 N–H and O–H groups in total. The average Bonchev–Trinajstić information content (AvgIpc) is 3.18. The predicted octanol–water partition coefficient (Wildman–Crippen LogP) is 3.63. The predicted molar refractivity (Wildman–Crippen MR) is 99.3 cm³/mol. The highest BCUT2D eigenvalue weighted by Crippen LogP contribution is 2.25. The fraction of sp³-hybridized carbons (Fsp3) is 0.600. The monoisotopic (exact) mass is 343 g/mol. The third kappa shape index (κ3) is 5.21. The van der Waals surface area contributed by atoms with Crippen LogP contribution < -0.4 is 10.6 Å². The molecule has 1 aliphatic carbocycles. The minimum absolute atomic E-state index is 0.0146. The van der Waals surface area contributed by atoms with Gasteiger partial charge in [-0.15, -0.1) is 0 Å². The van der Waals surface area contributed by atoms with Crippen LogP contribution in [0.15, 0.2) is 30.3 Å². The van der Waals surface area contributed by atoms with Gasteiger partial charge < -0.3 is 15.5 Å². The summed E-state index contributed by atoms with van der Waals surface area (Å²) in [6.07, 6.45) is 7.56. The van der Waals surface area contributed by atoms with Crippen LogP contribution in [0.4, 0.5) is 10.5 Å². The zero-order valence-corrected chi connectivity index (χ0v) is 14.9. The second-order valence-corrected chi connectivity index (χ2v) is 7.29. The summed E-state index contributed by atoms with van der Waals surface area (Å²) in [5.74, 6) is 1.10. The van der Waals surface area contributed by atoms with Crippen LogP contribution in [0, 0.1) is 11.8 Å². The highest BCUT2D eigenvalue weighted by atomic mass is 16.2. The largest absolute Gasteiger partial charge is 0.356 e. The second kappa shape index (κ2) is 8.88. The first-order chi connectivity index (χ1) is 12.2. The van der Waals surface area contributed by atoms with Gasteiger partial charge in [-0.3, -0.25) is 4.79 Å². The molecule has 1 aliphatic heterocycles. The second-order valence-electron chi connectivity index (χ2n) is 7.29. The lowest BCUT2D eigenvalue weighted by molar-refractivity contribution is -0.124. The Hall–Kier alpha value is -2.04. The molecule has 1 aromatic carbocycles. The highest BCUT2D eigenvalue weighted by Gasteiger charge is 2.24. The van der Waals surface area contributed by atoms with Crippen LogP contribution >= 0.6 is 0 Å². The zero-order valence-electron chi connectivity index (χ0n) is 14.9. The van der Waals surface area contributed by atoms with E-state index in [1.165, 1.54) is 12.8 Å². The maximum absolute atomic E-state index is 12.3. The number of carbonyl (C=O) groups is 2. The van der Waals surface area contributed by atoms with Gasteiger partial charge in [0.05, 0.1) is 0 Å².